The standard InChI is InChI=1S/C17H36N2O/c1-15(2)12-19(4)14-17(13-18-9-10-20-5)8-6-7-16(3)11-17/h15-16,18H,6-14H2,1-5H3. The van der Waals surface area contributed by atoms with Crippen molar-refractivity contribution < 1.29 is 4.74 Å². The molecule has 2 atom stereocenters. The average molecular weight is 284 g/mol. The van der Waals surface area contributed by atoms with Crippen molar-refractivity contribution in [1.29, 1.82) is 0 Å². The van der Waals surface area contributed by atoms with E-state index in [1.807, 2.05) is 0 Å². The van der Waals surface area contributed by atoms with E-state index in [2.05, 4.69) is 38.0 Å². The van der Waals surface area contributed by atoms with Crippen LogP contribution in [0.4, 0.5) is 0 Å². The molecule has 0 aliphatic heterocycles. The SMILES string of the molecule is COCCNCC1(CN(C)CC(C)C)CCCC(C)C1. The Bertz CT molecular complexity index is 257. The van der Waals surface area contributed by atoms with E-state index in [0.29, 0.717) is 5.41 Å². The summed E-state index contributed by atoms with van der Waals surface area (Å²) < 4.78 is 5.15. The minimum absolute atomic E-state index is 0.467. The molecule has 2 unspecified atom stereocenters. The first-order chi connectivity index (χ1) is 9.47. The van der Waals surface area contributed by atoms with Crippen molar-refractivity contribution in [3.63, 3.8) is 0 Å². The van der Waals surface area contributed by atoms with Crippen molar-refractivity contribution in [3.05, 3.63) is 0 Å². The summed E-state index contributed by atoms with van der Waals surface area (Å²) >= 11 is 0. The van der Waals surface area contributed by atoms with Crippen LogP contribution in [0.3, 0.4) is 0 Å². The minimum Gasteiger partial charge on any atom is -0.383 e. The highest BCUT2D eigenvalue weighted by atomic mass is 16.5. The number of rotatable bonds is 9. The fourth-order valence-electron chi connectivity index (χ4n) is 3.92. The molecule has 0 heterocycles. The maximum Gasteiger partial charge on any atom is 0.0587 e. The smallest absolute Gasteiger partial charge is 0.0587 e. The van der Waals surface area contributed by atoms with E-state index < -0.39 is 0 Å². The third-order valence-corrected chi connectivity index (χ3v) is 4.45. The van der Waals surface area contributed by atoms with Crippen LogP contribution >= 0.6 is 0 Å². The van der Waals surface area contributed by atoms with Gasteiger partial charge >= 0.3 is 0 Å². The Morgan fingerprint density at radius 3 is 2.75 bits per heavy atom. The van der Waals surface area contributed by atoms with Crippen LogP contribution < -0.4 is 5.32 Å². The molecule has 120 valence electrons. The summed E-state index contributed by atoms with van der Waals surface area (Å²) in [6.45, 7) is 12.4. The van der Waals surface area contributed by atoms with Gasteiger partial charge in [-0.1, -0.05) is 33.6 Å². The first-order valence-electron chi connectivity index (χ1n) is 8.35. The molecule has 1 aliphatic carbocycles. The molecular weight excluding hydrogens is 248 g/mol. The van der Waals surface area contributed by atoms with E-state index in [0.717, 1.165) is 31.5 Å². The van der Waals surface area contributed by atoms with Gasteiger partial charge in [0.05, 0.1) is 6.61 Å². The van der Waals surface area contributed by atoms with Gasteiger partial charge in [-0.05, 0) is 37.1 Å². The molecule has 1 saturated carbocycles. The van der Waals surface area contributed by atoms with Gasteiger partial charge in [0, 0.05) is 33.3 Å². The molecule has 0 saturated heterocycles. The number of nitrogens with zero attached hydrogens (tertiary/aromatic N) is 1. The predicted octanol–water partition coefficient (Wildman–Crippen LogP) is 3.01. The quantitative estimate of drug-likeness (QED) is 0.659. The molecule has 1 aliphatic rings. The molecule has 0 aromatic heterocycles. The number of hydrogen-bond donors (Lipinski definition) is 1. The minimum atomic E-state index is 0.467. The maximum atomic E-state index is 5.15. The lowest BCUT2D eigenvalue weighted by Gasteiger charge is -2.43. The van der Waals surface area contributed by atoms with Gasteiger partial charge < -0.3 is 15.0 Å². The molecule has 1 N–H and O–H groups in total. The van der Waals surface area contributed by atoms with Crippen LogP contribution in [-0.2, 0) is 4.74 Å². The second-order valence-corrected chi connectivity index (χ2v) is 7.46. The lowest BCUT2D eigenvalue weighted by atomic mass is 9.69. The molecular formula is C17H36N2O. The molecule has 20 heavy (non-hydrogen) atoms. The predicted molar refractivity (Wildman–Crippen MR) is 87.1 cm³/mol. The molecule has 1 rings (SSSR count). The topological polar surface area (TPSA) is 24.5 Å². The van der Waals surface area contributed by atoms with Crippen LogP contribution in [0.2, 0.25) is 0 Å². The fourth-order valence-corrected chi connectivity index (χ4v) is 3.92. The number of nitrogens with one attached hydrogen (secondary N) is 1. The highest BCUT2D eigenvalue weighted by Gasteiger charge is 2.35. The number of hydrogen-bond acceptors (Lipinski definition) is 3. The summed E-state index contributed by atoms with van der Waals surface area (Å²) in [6, 6.07) is 0. The molecule has 1 fully saturated rings. The molecule has 0 bridgehead atoms. The van der Waals surface area contributed by atoms with Gasteiger partial charge in [-0.3, -0.25) is 0 Å². The Kier molecular flexibility index (Phi) is 8.08. The Labute approximate surface area is 126 Å². The van der Waals surface area contributed by atoms with Gasteiger partial charge in [0.1, 0.15) is 0 Å². The van der Waals surface area contributed by atoms with Crippen molar-refractivity contribution in [2.45, 2.75) is 46.5 Å². The van der Waals surface area contributed by atoms with E-state index in [-0.39, 0.29) is 0 Å². The number of ether oxygens (including phenoxy) is 1. The van der Waals surface area contributed by atoms with Gasteiger partial charge in [-0.25, -0.2) is 0 Å². The molecule has 0 aromatic carbocycles. The van der Waals surface area contributed by atoms with E-state index in [4.69, 9.17) is 4.74 Å². The highest BCUT2D eigenvalue weighted by Crippen LogP contribution is 2.39. The van der Waals surface area contributed by atoms with Gasteiger partial charge in [-0.2, -0.15) is 0 Å². The molecule has 0 amide bonds. The summed E-state index contributed by atoms with van der Waals surface area (Å²) in [7, 11) is 4.06. The van der Waals surface area contributed by atoms with E-state index >= 15 is 0 Å². The summed E-state index contributed by atoms with van der Waals surface area (Å²) in [5, 5.41) is 3.62. The second-order valence-electron chi connectivity index (χ2n) is 7.46. The van der Waals surface area contributed by atoms with Crippen molar-refractivity contribution in [2.24, 2.45) is 17.3 Å². The molecule has 3 heteroatoms. The van der Waals surface area contributed by atoms with Crippen LogP contribution in [0.25, 0.3) is 0 Å². The highest BCUT2D eigenvalue weighted by molar-refractivity contribution is 4.89. The first kappa shape index (κ1) is 17.9. The molecule has 0 aromatic rings. The Balaban J connectivity index is 2.53. The van der Waals surface area contributed by atoms with Crippen molar-refractivity contribution in [3.8, 4) is 0 Å². The van der Waals surface area contributed by atoms with Crippen LogP contribution in [-0.4, -0.2) is 51.8 Å². The summed E-state index contributed by atoms with van der Waals surface area (Å²) in [6.07, 6.45) is 5.55. The third-order valence-electron chi connectivity index (χ3n) is 4.45. The van der Waals surface area contributed by atoms with Crippen molar-refractivity contribution in [1.82, 2.24) is 10.2 Å². The van der Waals surface area contributed by atoms with Gasteiger partial charge in [0.15, 0.2) is 0 Å². The maximum absolute atomic E-state index is 5.15. The normalized spacial score (nSPS) is 27.4. The number of methoxy groups -OCH3 is 1. The molecule has 3 nitrogen and oxygen atoms in total. The summed E-state index contributed by atoms with van der Waals surface area (Å²) in [5.74, 6) is 1.62. The molecule has 0 spiro atoms. The Hall–Kier alpha value is -0.120. The van der Waals surface area contributed by atoms with E-state index in [1.165, 1.54) is 38.8 Å². The van der Waals surface area contributed by atoms with Crippen LogP contribution in [0.1, 0.15) is 46.5 Å². The zero-order chi connectivity index (χ0) is 15.0. The zero-order valence-corrected chi connectivity index (χ0v) is 14.4. The lowest BCUT2D eigenvalue weighted by Crippen LogP contribution is -2.46. The zero-order valence-electron chi connectivity index (χ0n) is 14.4. The largest absolute Gasteiger partial charge is 0.383 e. The fraction of sp³-hybridized carbons (Fsp3) is 1.00. The lowest BCUT2D eigenvalue weighted by molar-refractivity contribution is 0.0844. The van der Waals surface area contributed by atoms with Gasteiger partial charge in [-0.15, -0.1) is 0 Å². The van der Waals surface area contributed by atoms with Crippen molar-refractivity contribution >= 4 is 0 Å². The second kappa shape index (κ2) is 9.01. The first-order valence-corrected chi connectivity index (χ1v) is 8.35. The Morgan fingerprint density at radius 2 is 2.15 bits per heavy atom. The summed E-state index contributed by atoms with van der Waals surface area (Å²) in [4.78, 5) is 2.54. The van der Waals surface area contributed by atoms with Gasteiger partial charge in [0.25, 0.3) is 0 Å². The monoisotopic (exact) mass is 284 g/mol. The average Bonchev–Trinajstić information content (AvgIpc) is 2.33. The van der Waals surface area contributed by atoms with Crippen LogP contribution in [0.15, 0.2) is 0 Å². The molecule has 0 radical (unpaired) electrons. The van der Waals surface area contributed by atoms with E-state index in [1.54, 1.807) is 7.11 Å². The van der Waals surface area contributed by atoms with Crippen LogP contribution in [0, 0.1) is 17.3 Å². The Morgan fingerprint density at radius 1 is 1.40 bits per heavy atom. The third kappa shape index (κ3) is 6.55. The summed E-state index contributed by atoms with van der Waals surface area (Å²) in [5.41, 5.74) is 0.467. The van der Waals surface area contributed by atoms with Crippen LogP contribution in [0.5, 0.6) is 0 Å². The van der Waals surface area contributed by atoms with Crippen molar-refractivity contribution in [2.75, 3.05) is 46.9 Å². The van der Waals surface area contributed by atoms with Gasteiger partial charge in [0.2, 0.25) is 0 Å². The van der Waals surface area contributed by atoms with E-state index in [9.17, 15) is 0 Å².